The van der Waals surface area contributed by atoms with Crippen LogP contribution in [0.3, 0.4) is 0 Å². The van der Waals surface area contributed by atoms with E-state index in [9.17, 15) is 15.0 Å². The van der Waals surface area contributed by atoms with Gasteiger partial charge in [0.15, 0.2) is 5.13 Å². The number of carbonyl (C=O) groups excluding carboxylic acids is 1. The van der Waals surface area contributed by atoms with Crippen molar-refractivity contribution in [3.05, 3.63) is 40.4 Å². The fourth-order valence-corrected chi connectivity index (χ4v) is 4.09. The first-order valence-corrected chi connectivity index (χ1v) is 10.5. The van der Waals surface area contributed by atoms with Crippen LogP contribution in [0.2, 0.25) is 0 Å². The second-order valence-corrected chi connectivity index (χ2v) is 7.94. The second kappa shape index (κ2) is 9.36. The molecule has 3 rings (SSSR count). The number of nitrogens with one attached hydrogen (secondary N) is 1. The molecule has 0 spiro atoms. The van der Waals surface area contributed by atoms with E-state index in [4.69, 9.17) is 0 Å². The van der Waals surface area contributed by atoms with Crippen molar-refractivity contribution in [2.24, 2.45) is 0 Å². The van der Waals surface area contributed by atoms with Crippen molar-refractivity contribution in [1.29, 1.82) is 0 Å². The van der Waals surface area contributed by atoms with Crippen LogP contribution in [-0.2, 0) is 0 Å². The highest BCUT2D eigenvalue weighted by atomic mass is 32.1. The van der Waals surface area contributed by atoms with Gasteiger partial charge in [-0.25, -0.2) is 4.98 Å². The van der Waals surface area contributed by atoms with E-state index >= 15 is 0 Å². The minimum atomic E-state index is -0.716. The van der Waals surface area contributed by atoms with E-state index in [2.05, 4.69) is 25.5 Å². The Morgan fingerprint density at radius 2 is 2.07 bits per heavy atom. The SMILES string of the molecule is CCCNC(=O)c1cc(C(O)CN2CCN(c3nc(C)cs3)CC2)ccc1O. The van der Waals surface area contributed by atoms with Crippen LogP contribution in [0, 0.1) is 6.92 Å². The number of benzene rings is 1. The number of aryl methyl sites for hydroxylation is 1. The number of amides is 1. The lowest BCUT2D eigenvalue weighted by Gasteiger charge is -2.35. The van der Waals surface area contributed by atoms with Crippen LogP contribution >= 0.6 is 11.3 Å². The quantitative estimate of drug-likeness (QED) is 0.655. The summed E-state index contributed by atoms with van der Waals surface area (Å²) in [7, 11) is 0. The van der Waals surface area contributed by atoms with Crippen LogP contribution in [0.25, 0.3) is 0 Å². The molecule has 7 nitrogen and oxygen atoms in total. The number of anilines is 1. The van der Waals surface area contributed by atoms with E-state index in [1.807, 2.05) is 13.8 Å². The van der Waals surface area contributed by atoms with Crippen LogP contribution < -0.4 is 10.2 Å². The molecule has 1 aromatic carbocycles. The average Bonchev–Trinajstić information content (AvgIpc) is 3.13. The lowest BCUT2D eigenvalue weighted by molar-refractivity contribution is 0.0949. The molecule has 0 radical (unpaired) electrons. The van der Waals surface area contributed by atoms with Gasteiger partial charge in [0, 0.05) is 44.6 Å². The number of aliphatic hydroxyl groups is 1. The normalized spacial score (nSPS) is 16.2. The van der Waals surface area contributed by atoms with Crippen molar-refractivity contribution < 1.29 is 15.0 Å². The van der Waals surface area contributed by atoms with E-state index in [0.717, 1.165) is 43.4 Å². The number of aliphatic hydroxyl groups excluding tert-OH is 1. The number of piperazine rings is 1. The van der Waals surface area contributed by atoms with Crippen LogP contribution in [0.5, 0.6) is 5.75 Å². The average molecular weight is 405 g/mol. The Morgan fingerprint density at radius 1 is 1.32 bits per heavy atom. The molecule has 2 heterocycles. The smallest absolute Gasteiger partial charge is 0.255 e. The molecule has 1 fully saturated rings. The van der Waals surface area contributed by atoms with Crippen molar-refractivity contribution in [2.75, 3.05) is 44.2 Å². The highest BCUT2D eigenvalue weighted by Gasteiger charge is 2.22. The molecular weight excluding hydrogens is 376 g/mol. The highest BCUT2D eigenvalue weighted by molar-refractivity contribution is 7.13. The summed E-state index contributed by atoms with van der Waals surface area (Å²) in [6.07, 6.45) is 0.105. The Hall–Kier alpha value is -2.16. The fraction of sp³-hybridized carbons (Fsp3) is 0.500. The monoisotopic (exact) mass is 404 g/mol. The number of carbonyl (C=O) groups is 1. The number of hydrogen-bond donors (Lipinski definition) is 3. The van der Waals surface area contributed by atoms with E-state index in [-0.39, 0.29) is 17.2 Å². The topological polar surface area (TPSA) is 88.9 Å². The fourth-order valence-electron chi connectivity index (χ4n) is 3.24. The number of hydrogen-bond acceptors (Lipinski definition) is 7. The zero-order chi connectivity index (χ0) is 20.1. The van der Waals surface area contributed by atoms with Gasteiger partial charge in [-0.2, -0.15) is 0 Å². The molecule has 1 aromatic heterocycles. The third kappa shape index (κ3) is 5.01. The maximum atomic E-state index is 12.2. The largest absolute Gasteiger partial charge is 0.507 e. The molecule has 1 saturated heterocycles. The predicted molar refractivity (Wildman–Crippen MR) is 111 cm³/mol. The van der Waals surface area contributed by atoms with Crippen LogP contribution in [0.1, 0.15) is 41.1 Å². The molecule has 1 unspecified atom stereocenters. The predicted octanol–water partition coefficient (Wildman–Crippen LogP) is 2.15. The molecular formula is C20H28N4O3S. The maximum Gasteiger partial charge on any atom is 0.255 e. The Bertz CT molecular complexity index is 802. The van der Waals surface area contributed by atoms with Gasteiger partial charge < -0.3 is 20.4 Å². The first kappa shape index (κ1) is 20.6. The number of rotatable bonds is 7. The summed E-state index contributed by atoms with van der Waals surface area (Å²) < 4.78 is 0. The third-order valence-electron chi connectivity index (χ3n) is 4.87. The summed E-state index contributed by atoms with van der Waals surface area (Å²) in [5.74, 6) is -0.391. The number of nitrogens with zero attached hydrogens (tertiary/aromatic N) is 3. The summed E-state index contributed by atoms with van der Waals surface area (Å²) >= 11 is 1.66. The van der Waals surface area contributed by atoms with Crippen molar-refractivity contribution >= 4 is 22.4 Å². The summed E-state index contributed by atoms with van der Waals surface area (Å²) in [6, 6.07) is 4.73. The molecule has 1 atom stereocenters. The first-order valence-electron chi connectivity index (χ1n) is 9.66. The molecule has 0 aliphatic carbocycles. The van der Waals surface area contributed by atoms with Gasteiger partial charge in [-0.15, -0.1) is 11.3 Å². The molecule has 0 bridgehead atoms. The van der Waals surface area contributed by atoms with Gasteiger partial charge in [-0.3, -0.25) is 9.69 Å². The van der Waals surface area contributed by atoms with Crippen molar-refractivity contribution in [1.82, 2.24) is 15.2 Å². The summed E-state index contributed by atoms with van der Waals surface area (Å²) in [4.78, 5) is 21.2. The van der Waals surface area contributed by atoms with Crippen LogP contribution in [0.15, 0.2) is 23.6 Å². The maximum absolute atomic E-state index is 12.2. The summed E-state index contributed by atoms with van der Waals surface area (Å²) in [5.41, 5.74) is 1.88. The third-order valence-corrected chi connectivity index (χ3v) is 5.89. The Labute approximate surface area is 169 Å². The van der Waals surface area contributed by atoms with Gasteiger partial charge in [-0.05, 0) is 31.0 Å². The number of β-amino-alcohol motifs (C(OH)–C–C–N with tert-alkyl or cyclic N) is 1. The van der Waals surface area contributed by atoms with Gasteiger partial charge >= 0.3 is 0 Å². The number of aromatic nitrogens is 1. The minimum Gasteiger partial charge on any atom is -0.507 e. The summed E-state index contributed by atoms with van der Waals surface area (Å²) in [5, 5.41) is 26.5. The van der Waals surface area contributed by atoms with Crippen LogP contribution in [-0.4, -0.2) is 65.3 Å². The zero-order valence-corrected chi connectivity index (χ0v) is 17.2. The second-order valence-electron chi connectivity index (χ2n) is 7.11. The number of aromatic hydroxyl groups is 1. The number of thiazole rings is 1. The first-order chi connectivity index (χ1) is 13.5. The van der Waals surface area contributed by atoms with Gasteiger partial charge in [0.25, 0.3) is 5.91 Å². The van der Waals surface area contributed by atoms with E-state index in [0.29, 0.717) is 18.7 Å². The summed E-state index contributed by atoms with van der Waals surface area (Å²) in [6.45, 7) is 8.45. The molecule has 8 heteroatoms. The van der Waals surface area contributed by atoms with Gasteiger partial charge in [0.05, 0.1) is 17.4 Å². The van der Waals surface area contributed by atoms with Crippen LogP contribution in [0.4, 0.5) is 5.13 Å². The molecule has 28 heavy (non-hydrogen) atoms. The van der Waals surface area contributed by atoms with E-state index in [1.54, 1.807) is 23.5 Å². The number of phenols is 1. The molecule has 0 saturated carbocycles. The molecule has 1 aliphatic rings. The van der Waals surface area contributed by atoms with Crippen molar-refractivity contribution in [2.45, 2.75) is 26.4 Å². The van der Waals surface area contributed by atoms with E-state index < -0.39 is 6.10 Å². The molecule has 1 aliphatic heterocycles. The van der Waals surface area contributed by atoms with Crippen molar-refractivity contribution in [3.8, 4) is 5.75 Å². The van der Waals surface area contributed by atoms with E-state index in [1.165, 1.54) is 6.07 Å². The number of phenolic OH excluding ortho intramolecular Hbond substituents is 1. The minimum absolute atomic E-state index is 0.0723. The Morgan fingerprint density at radius 3 is 2.71 bits per heavy atom. The Balaban J connectivity index is 1.57. The van der Waals surface area contributed by atoms with Gasteiger partial charge in [-0.1, -0.05) is 13.0 Å². The van der Waals surface area contributed by atoms with Gasteiger partial charge in [0.1, 0.15) is 5.75 Å². The Kier molecular flexibility index (Phi) is 6.88. The van der Waals surface area contributed by atoms with Crippen molar-refractivity contribution in [3.63, 3.8) is 0 Å². The lowest BCUT2D eigenvalue weighted by atomic mass is 10.0. The molecule has 2 aromatic rings. The lowest BCUT2D eigenvalue weighted by Crippen LogP contribution is -2.47. The molecule has 1 amide bonds. The zero-order valence-electron chi connectivity index (χ0n) is 16.4. The van der Waals surface area contributed by atoms with Gasteiger partial charge in [0.2, 0.25) is 0 Å². The molecule has 152 valence electrons. The molecule has 3 N–H and O–H groups in total. The highest BCUT2D eigenvalue weighted by Crippen LogP contribution is 2.25. The standard InChI is InChI=1S/C20H28N4O3S/c1-3-6-21-19(27)16-11-15(4-5-17(16)25)18(26)12-23-7-9-24(10-8-23)20-22-14(2)13-28-20/h4-5,11,13,18,25-26H,3,6-10,12H2,1-2H3,(H,21,27).